The van der Waals surface area contributed by atoms with Crippen molar-refractivity contribution in [3.63, 3.8) is 0 Å². The fourth-order valence-corrected chi connectivity index (χ4v) is 6.06. The highest BCUT2D eigenvalue weighted by Crippen LogP contribution is 2.59. The Hall–Kier alpha value is -1.76. The molecule has 2 unspecified atom stereocenters. The Morgan fingerprint density at radius 3 is 2.51 bits per heavy atom. The van der Waals surface area contributed by atoms with Crippen molar-refractivity contribution in [1.82, 2.24) is 14.7 Å². The van der Waals surface area contributed by atoms with Gasteiger partial charge in [-0.3, -0.25) is 9.69 Å². The number of halogens is 2. The molecule has 35 heavy (non-hydrogen) atoms. The molecule has 6 nitrogen and oxygen atoms in total. The number of piperazine rings is 1. The zero-order chi connectivity index (χ0) is 25.2. The Labute approximate surface area is 219 Å². The standard InChI is InChI=1S/C27H38Cl2N4O2/c1-4-5-25(34)32-13-10-31(11-14-32)12-15-33(18-19-6-7-20-16-22(19)27(20,2)3)26(35)30-21-8-9-23(28)24(29)17-21/h6,8-9,17,20,22H,4-5,7,10-16,18H2,1-3H3,(H,30,35). The Kier molecular flexibility index (Phi) is 8.34. The molecule has 1 saturated heterocycles. The summed E-state index contributed by atoms with van der Waals surface area (Å²) in [6.45, 7) is 12.0. The highest BCUT2D eigenvalue weighted by atomic mass is 35.5. The van der Waals surface area contributed by atoms with Crippen LogP contribution >= 0.6 is 23.2 Å². The van der Waals surface area contributed by atoms with Gasteiger partial charge in [0.1, 0.15) is 0 Å². The number of hydrogen-bond donors (Lipinski definition) is 1. The average Bonchev–Trinajstić information content (AvgIpc) is 2.84. The lowest BCUT2D eigenvalue weighted by molar-refractivity contribution is -0.133. The van der Waals surface area contributed by atoms with Crippen molar-refractivity contribution in [2.75, 3.05) is 51.1 Å². The zero-order valence-electron chi connectivity index (χ0n) is 21.2. The molecule has 192 valence electrons. The number of rotatable bonds is 8. The number of urea groups is 1. The third-order valence-corrected chi connectivity index (χ3v) is 9.03. The van der Waals surface area contributed by atoms with E-state index in [0.717, 1.165) is 51.5 Å². The molecule has 1 aromatic rings. The number of anilines is 1. The van der Waals surface area contributed by atoms with E-state index in [4.69, 9.17) is 23.2 Å². The molecule has 4 aliphatic rings. The van der Waals surface area contributed by atoms with Gasteiger partial charge in [-0.2, -0.15) is 0 Å². The summed E-state index contributed by atoms with van der Waals surface area (Å²) in [5.41, 5.74) is 2.34. The molecule has 1 aromatic carbocycles. The highest BCUT2D eigenvalue weighted by Gasteiger charge is 2.51. The minimum atomic E-state index is -0.125. The molecular weight excluding hydrogens is 483 g/mol. The van der Waals surface area contributed by atoms with E-state index in [9.17, 15) is 9.59 Å². The van der Waals surface area contributed by atoms with Crippen LogP contribution in [0.3, 0.4) is 0 Å². The fourth-order valence-electron chi connectivity index (χ4n) is 5.76. The molecule has 1 heterocycles. The summed E-state index contributed by atoms with van der Waals surface area (Å²) in [5.74, 6) is 1.57. The van der Waals surface area contributed by atoms with Crippen LogP contribution in [0.1, 0.15) is 46.5 Å². The summed E-state index contributed by atoms with van der Waals surface area (Å²) in [5, 5.41) is 3.90. The third kappa shape index (κ3) is 5.98. The Morgan fingerprint density at radius 2 is 1.89 bits per heavy atom. The van der Waals surface area contributed by atoms with Crippen molar-refractivity contribution in [3.8, 4) is 0 Å². The maximum absolute atomic E-state index is 13.4. The Balaban J connectivity index is 1.39. The molecule has 5 rings (SSSR count). The topological polar surface area (TPSA) is 55.9 Å². The Bertz CT molecular complexity index is 972. The lowest BCUT2D eigenvalue weighted by Crippen LogP contribution is -2.52. The number of nitrogens with one attached hydrogen (secondary N) is 1. The third-order valence-electron chi connectivity index (χ3n) is 8.29. The normalized spacial score (nSPS) is 23.3. The predicted octanol–water partition coefficient (Wildman–Crippen LogP) is 5.76. The molecular formula is C27H38Cl2N4O2. The summed E-state index contributed by atoms with van der Waals surface area (Å²) in [4.78, 5) is 31.9. The van der Waals surface area contributed by atoms with Crippen molar-refractivity contribution in [3.05, 3.63) is 39.9 Å². The van der Waals surface area contributed by atoms with Gasteiger partial charge in [-0.1, -0.05) is 55.6 Å². The van der Waals surface area contributed by atoms with E-state index in [1.165, 1.54) is 12.0 Å². The van der Waals surface area contributed by atoms with Gasteiger partial charge in [0, 0.05) is 57.9 Å². The Morgan fingerprint density at radius 1 is 1.14 bits per heavy atom. The zero-order valence-corrected chi connectivity index (χ0v) is 22.7. The van der Waals surface area contributed by atoms with Gasteiger partial charge in [-0.25, -0.2) is 4.79 Å². The summed E-state index contributed by atoms with van der Waals surface area (Å²) >= 11 is 12.2. The number of allylic oxidation sites excluding steroid dienone is 1. The van der Waals surface area contributed by atoms with Crippen LogP contribution < -0.4 is 5.32 Å². The monoisotopic (exact) mass is 520 g/mol. The van der Waals surface area contributed by atoms with Crippen LogP contribution in [0.25, 0.3) is 0 Å². The molecule has 1 saturated carbocycles. The van der Waals surface area contributed by atoms with Crippen LogP contribution in [0.2, 0.25) is 10.0 Å². The van der Waals surface area contributed by atoms with Crippen molar-refractivity contribution in [1.29, 1.82) is 0 Å². The van der Waals surface area contributed by atoms with E-state index < -0.39 is 0 Å². The molecule has 0 spiro atoms. The first-order valence-electron chi connectivity index (χ1n) is 12.9. The minimum absolute atomic E-state index is 0.125. The van der Waals surface area contributed by atoms with Gasteiger partial charge in [-0.05, 0) is 54.7 Å². The van der Waals surface area contributed by atoms with Crippen molar-refractivity contribution in [2.45, 2.75) is 46.5 Å². The van der Waals surface area contributed by atoms with Crippen LogP contribution in [-0.2, 0) is 4.79 Å². The first-order chi connectivity index (χ1) is 16.7. The quantitative estimate of drug-likeness (QED) is 0.443. The van der Waals surface area contributed by atoms with E-state index in [0.29, 0.717) is 46.6 Å². The molecule has 1 aliphatic heterocycles. The second kappa shape index (κ2) is 11.1. The molecule has 2 atom stereocenters. The van der Waals surface area contributed by atoms with E-state index in [-0.39, 0.29) is 11.9 Å². The largest absolute Gasteiger partial charge is 0.340 e. The second-order valence-electron chi connectivity index (χ2n) is 10.8. The van der Waals surface area contributed by atoms with E-state index in [1.54, 1.807) is 18.2 Å². The maximum Gasteiger partial charge on any atom is 0.322 e. The molecule has 0 aromatic heterocycles. The molecule has 0 radical (unpaired) electrons. The lowest BCUT2D eigenvalue weighted by Gasteiger charge is -2.57. The van der Waals surface area contributed by atoms with Gasteiger partial charge >= 0.3 is 6.03 Å². The van der Waals surface area contributed by atoms with Crippen LogP contribution in [-0.4, -0.2) is 72.5 Å². The number of hydrogen-bond acceptors (Lipinski definition) is 3. The van der Waals surface area contributed by atoms with Crippen LogP contribution in [0.15, 0.2) is 29.8 Å². The number of carbonyl (C=O) groups is 2. The first-order valence-corrected chi connectivity index (χ1v) is 13.6. The van der Waals surface area contributed by atoms with Gasteiger partial charge in [0.15, 0.2) is 0 Å². The molecule has 2 bridgehead atoms. The summed E-state index contributed by atoms with van der Waals surface area (Å²) in [6, 6.07) is 5.03. The maximum atomic E-state index is 13.4. The summed E-state index contributed by atoms with van der Waals surface area (Å²) in [7, 11) is 0. The van der Waals surface area contributed by atoms with Crippen LogP contribution in [0.4, 0.5) is 10.5 Å². The van der Waals surface area contributed by atoms with Crippen molar-refractivity contribution >= 4 is 40.8 Å². The van der Waals surface area contributed by atoms with Crippen molar-refractivity contribution in [2.24, 2.45) is 17.3 Å². The van der Waals surface area contributed by atoms with E-state index in [2.05, 4.69) is 30.1 Å². The van der Waals surface area contributed by atoms with Crippen molar-refractivity contribution < 1.29 is 9.59 Å². The van der Waals surface area contributed by atoms with Gasteiger partial charge in [0.25, 0.3) is 0 Å². The van der Waals surface area contributed by atoms with Gasteiger partial charge in [0.2, 0.25) is 5.91 Å². The van der Waals surface area contributed by atoms with E-state index >= 15 is 0 Å². The van der Waals surface area contributed by atoms with Gasteiger partial charge in [-0.15, -0.1) is 0 Å². The average molecular weight is 522 g/mol. The molecule has 3 aliphatic carbocycles. The molecule has 2 fully saturated rings. The second-order valence-corrected chi connectivity index (χ2v) is 11.6. The van der Waals surface area contributed by atoms with Crippen LogP contribution in [0.5, 0.6) is 0 Å². The first kappa shape index (κ1) is 26.3. The highest BCUT2D eigenvalue weighted by molar-refractivity contribution is 6.42. The minimum Gasteiger partial charge on any atom is -0.340 e. The molecule has 1 N–H and O–H groups in total. The SMILES string of the molecule is CCCC(=O)N1CCN(CCN(CC2=CCC3CC2C3(C)C)C(=O)Nc2ccc(Cl)c(Cl)c2)CC1. The lowest BCUT2D eigenvalue weighted by atomic mass is 9.49. The summed E-state index contributed by atoms with van der Waals surface area (Å²) < 4.78 is 0. The van der Waals surface area contributed by atoms with Gasteiger partial charge < -0.3 is 15.1 Å². The number of benzene rings is 1. The van der Waals surface area contributed by atoms with E-state index in [1.807, 2.05) is 16.7 Å². The molecule has 3 amide bonds. The predicted molar refractivity (Wildman–Crippen MR) is 143 cm³/mol. The number of fused-ring (bicyclic) bond motifs is 1. The fraction of sp³-hybridized carbons (Fsp3) is 0.630. The number of amides is 3. The van der Waals surface area contributed by atoms with Gasteiger partial charge in [0.05, 0.1) is 10.0 Å². The number of nitrogens with zero attached hydrogens (tertiary/aromatic N) is 3. The number of carbonyl (C=O) groups excluding carboxylic acids is 2. The molecule has 8 heteroatoms. The smallest absolute Gasteiger partial charge is 0.322 e. The van der Waals surface area contributed by atoms with Crippen LogP contribution in [0, 0.1) is 17.3 Å². The summed E-state index contributed by atoms with van der Waals surface area (Å²) in [6.07, 6.45) is 6.21.